The van der Waals surface area contributed by atoms with Crippen LogP contribution in [0.4, 0.5) is 0 Å². The van der Waals surface area contributed by atoms with Crippen LogP contribution in [0.15, 0.2) is 11.5 Å². The summed E-state index contributed by atoms with van der Waals surface area (Å²) >= 11 is 0. The minimum Gasteiger partial charge on any atom is -0.907 e. The Morgan fingerprint density at radius 3 is 1.29 bits per heavy atom. The van der Waals surface area contributed by atoms with Gasteiger partial charge in [0, 0.05) is 44.4 Å². The van der Waals surface area contributed by atoms with Crippen LogP contribution in [0.5, 0.6) is 0 Å². The third kappa shape index (κ3) is 38.0. The van der Waals surface area contributed by atoms with Crippen LogP contribution in [0.2, 0.25) is 0 Å². The first-order valence-corrected chi connectivity index (χ1v) is 10.4. The zero-order valence-electron chi connectivity index (χ0n) is 26.1. The van der Waals surface area contributed by atoms with E-state index in [0.29, 0.717) is 19.6 Å². The fraction of sp³-hybridized carbons (Fsp3) is 0.667. The van der Waals surface area contributed by atoms with Gasteiger partial charge in [-0.25, -0.2) is 4.79 Å². The van der Waals surface area contributed by atoms with E-state index in [1.807, 2.05) is 0 Å². The maximum absolute atomic E-state index is 10.5. The summed E-state index contributed by atoms with van der Waals surface area (Å²) in [5.74, 6) is -8.76. The van der Waals surface area contributed by atoms with Gasteiger partial charge in [0.25, 0.3) is 0 Å². The van der Waals surface area contributed by atoms with Gasteiger partial charge in [-0.15, -0.1) is 0 Å². The van der Waals surface area contributed by atoms with E-state index in [1.54, 1.807) is 4.90 Å². The summed E-state index contributed by atoms with van der Waals surface area (Å²) in [5.41, 5.74) is -2.97. The van der Waals surface area contributed by atoms with E-state index in [0.717, 1.165) is 0 Å². The quantitative estimate of drug-likeness (QED) is 0.0649. The number of carbonyl (C=O) groups is 4. The Morgan fingerprint density at radius 2 is 1.11 bits per heavy atom. The molecule has 0 bridgehead atoms. The maximum Gasteiger partial charge on any atom is 1.00 e. The molecule has 1 aliphatic heterocycles. The van der Waals surface area contributed by atoms with Gasteiger partial charge < -0.3 is 90.4 Å². The fourth-order valence-electron chi connectivity index (χ4n) is 2.27. The Hall–Kier alpha value is 2.88. The van der Waals surface area contributed by atoms with Crippen LogP contribution in [0, 0.1) is 0 Å². The van der Waals surface area contributed by atoms with Crippen LogP contribution in [0.25, 0.3) is 0 Å². The molecule has 228 valence electrons. The Labute approximate surface area is 390 Å². The van der Waals surface area contributed by atoms with Crippen molar-refractivity contribution < 1.29 is 273 Å². The van der Waals surface area contributed by atoms with E-state index in [9.17, 15) is 34.5 Å². The third-order valence-corrected chi connectivity index (χ3v) is 3.98. The molecule has 2 atom stereocenters. The van der Waals surface area contributed by atoms with E-state index in [4.69, 9.17) is 55.9 Å². The van der Waals surface area contributed by atoms with Crippen LogP contribution < -0.4 is 208 Å². The van der Waals surface area contributed by atoms with Gasteiger partial charge in [-0.1, -0.05) is 0 Å². The molecule has 20 nitrogen and oxygen atoms in total. The van der Waals surface area contributed by atoms with Crippen molar-refractivity contribution in [2.24, 2.45) is 0 Å². The number of rotatable bonds is 13. The zero-order chi connectivity index (χ0) is 31.3. The van der Waals surface area contributed by atoms with E-state index >= 15 is 0 Å². The number of hydrogen-bond donors (Lipinski definition) is 8. The first-order valence-electron chi connectivity index (χ1n) is 10.4. The van der Waals surface area contributed by atoms with Crippen LogP contribution >= 0.6 is 0 Å². The predicted molar refractivity (Wildman–Crippen MR) is 108 cm³/mol. The number of carbonyl (C=O) groups excluding carboxylic acids is 4. The number of esters is 1. The summed E-state index contributed by atoms with van der Waals surface area (Å²) in [6, 6.07) is 0. The summed E-state index contributed by atoms with van der Waals surface area (Å²) in [5, 5.41) is 125. The van der Waals surface area contributed by atoms with Crippen molar-refractivity contribution in [3.05, 3.63) is 11.5 Å². The molecule has 0 fully saturated rings. The number of ether oxygens (including phenoxy) is 1. The molecule has 0 saturated carbocycles. The largest absolute Gasteiger partial charge is 1.00 e. The predicted octanol–water partition coefficient (Wildman–Crippen LogP) is -30.3. The van der Waals surface area contributed by atoms with Gasteiger partial charge in [-0.2, -0.15) is 0 Å². The molecule has 0 spiro atoms. The molecule has 0 unspecified atom stereocenters. The van der Waals surface area contributed by atoms with Gasteiger partial charge >= 0.3 is 183 Å². The standard InChI is InChI=1S/C6H15NO3.C6H8O7.C6H8O6.BO3.6Na/c8-4-1-7(2-5-9)3-6-10;7-3(8)1-6(13,5(11)12)2-4(9)10;7-1-2(8)5-3(9)4(10)6(11)12-5;2-1(3)4;;;;;;/h8-10H,1-6H2;13H,1-2H2,(H,7,8)(H,9,10)(H,11,12);2,5,7-10H,1H2;;;;;;;/q;;;-3;6*+1/p-3/t;;2-,5+;;;;;;;/m..0......./s1. The van der Waals surface area contributed by atoms with Gasteiger partial charge in [-0.3, -0.25) is 12.2 Å². The molecule has 0 aromatic heterocycles. The summed E-state index contributed by atoms with van der Waals surface area (Å²) in [7, 11) is -2.92. The normalized spacial score (nSPS) is 13.0. The summed E-state index contributed by atoms with van der Waals surface area (Å²) < 4.78 is 4.32. The average Bonchev–Trinajstić information content (AvgIpc) is 3.06. The van der Waals surface area contributed by atoms with Crippen LogP contribution in [0.1, 0.15) is 12.8 Å². The van der Waals surface area contributed by atoms with E-state index in [2.05, 4.69) is 4.74 Å². The van der Waals surface area contributed by atoms with Crippen LogP contribution in [0.3, 0.4) is 0 Å². The first-order chi connectivity index (χ1) is 17.9. The Bertz CT molecular complexity index is 768. The molecule has 0 radical (unpaired) electrons. The van der Waals surface area contributed by atoms with Gasteiger partial charge in [0.1, 0.15) is 11.7 Å². The molecule has 0 saturated heterocycles. The number of aliphatic carboxylic acids is 3. The van der Waals surface area contributed by atoms with Gasteiger partial charge in [0.2, 0.25) is 5.76 Å². The summed E-state index contributed by atoms with van der Waals surface area (Å²) in [6.07, 6.45) is -5.49. The van der Waals surface area contributed by atoms with Crippen molar-refractivity contribution >= 4 is 31.2 Å². The minimum absolute atomic E-state index is 0. The van der Waals surface area contributed by atoms with Crippen molar-refractivity contribution in [2.75, 3.05) is 46.1 Å². The molecule has 45 heavy (non-hydrogen) atoms. The third-order valence-electron chi connectivity index (χ3n) is 3.98. The number of nitrogens with zero attached hydrogens (tertiary/aromatic N) is 1. The topological polar surface area (TPSA) is 381 Å². The maximum atomic E-state index is 10.5. The molecule has 1 heterocycles. The Kier molecular flexibility index (Phi) is 63.9. The van der Waals surface area contributed by atoms with Crippen molar-refractivity contribution in [3.8, 4) is 0 Å². The van der Waals surface area contributed by atoms with Crippen molar-refractivity contribution in [3.63, 3.8) is 0 Å². The number of carboxylic acid groups (broad SMARTS) is 3. The zero-order valence-corrected chi connectivity index (χ0v) is 38.1. The van der Waals surface area contributed by atoms with Gasteiger partial charge in [0.05, 0.1) is 32.4 Å². The van der Waals surface area contributed by atoms with Crippen molar-refractivity contribution in [1.82, 2.24) is 4.90 Å². The van der Waals surface area contributed by atoms with Crippen LogP contribution in [-0.2, 0) is 23.9 Å². The second kappa shape index (κ2) is 41.3. The van der Waals surface area contributed by atoms with E-state index in [-0.39, 0.29) is 197 Å². The minimum atomic E-state index is -2.97. The van der Waals surface area contributed by atoms with Gasteiger partial charge in [0.15, 0.2) is 11.9 Å². The summed E-state index contributed by atoms with van der Waals surface area (Å²) in [4.78, 5) is 42.3. The van der Waals surface area contributed by atoms with Crippen molar-refractivity contribution in [2.45, 2.75) is 30.7 Å². The molecule has 27 heteroatoms. The Morgan fingerprint density at radius 1 is 0.800 bits per heavy atom. The second-order valence-corrected chi connectivity index (χ2v) is 7.03. The van der Waals surface area contributed by atoms with E-state index in [1.165, 1.54) is 0 Å². The summed E-state index contributed by atoms with van der Waals surface area (Å²) in [6.45, 7) is 1.08. The molecule has 0 aromatic rings. The van der Waals surface area contributed by atoms with Gasteiger partial charge in [-0.05, 0) is 0 Å². The number of aliphatic hydroxyl groups is 8. The molecule has 8 N–H and O–H groups in total. The molecule has 0 aromatic carbocycles. The number of aliphatic hydroxyl groups excluding tert-OH is 7. The van der Waals surface area contributed by atoms with Crippen molar-refractivity contribution in [1.29, 1.82) is 0 Å². The number of hydrogen-bond acceptors (Lipinski definition) is 20. The first kappa shape index (κ1) is 69.6. The average molecular weight is 711 g/mol. The fourth-order valence-corrected chi connectivity index (χ4v) is 2.27. The molecule has 0 amide bonds. The smallest absolute Gasteiger partial charge is 0.907 e. The SMILES string of the molecule is O=C([O-])CC(O)(CC(=O)[O-])C(=O)[O-].O=C1O[C@H]([C@@H](O)CO)C(O)=C1O.OCCN(CCO)CCO.[Na+].[Na+].[Na+].[Na+].[Na+].[Na+].[O-]B([O-])[O-]. The molecular weight excluding hydrogens is 683 g/mol. The molecule has 1 rings (SSSR count). The number of carboxylic acids is 3. The van der Waals surface area contributed by atoms with E-state index < -0.39 is 80.0 Å². The monoisotopic (exact) mass is 711 g/mol. The van der Waals surface area contributed by atoms with Crippen LogP contribution in [-0.4, -0.2) is 141 Å². The Balaban J connectivity index is -0.0000000550. The second-order valence-electron chi connectivity index (χ2n) is 7.03. The molecule has 0 aliphatic carbocycles. The number of cyclic esters (lactones) is 1. The molecule has 1 aliphatic rings. The molecular formula is C18H28BNNa6O19.